The molecule has 23 heavy (non-hydrogen) atoms. The van der Waals surface area contributed by atoms with Crippen molar-refractivity contribution in [3.05, 3.63) is 64.0 Å². The fraction of sp³-hybridized carbons (Fsp3) is 0.143. The van der Waals surface area contributed by atoms with E-state index in [2.05, 4.69) is 20.6 Å². The van der Waals surface area contributed by atoms with E-state index in [1.807, 2.05) is 18.2 Å². The highest BCUT2D eigenvalue weighted by molar-refractivity contribution is 6.31. The molecule has 2 aromatic heterocycles. The zero-order valence-electron chi connectivity index (χ0n) is 11.7. The Balaban J connectivity index is 1.61. The molecule has 0 aliphatic carbocycles. The van der Waals surface area contributed by atoms with Crippen molar-refractivity contribution in [3.8, 4) is 0 Å². The van der Waals surface area contributed by atoms with Crippen LogP contribution in [0.1, 0.15) is 22.1 Å². The zero-order valence-corrected chi connectivity index (χ0v) is 13.3. The van der Waals surface area contributed by atoms with Crippen molar-refractivity contribution in [2.45, 2.75) is 13.1 Å². The molecule has 0 spiro atoms. The first-order valence-corrected chi connectivity index (χ1v) is 7.39. The van der Waals surface area contributed by atoms with Gasteiger partial charge in [-0.25, -0.2) is 0 Å². The Morgan fingerprint density at radius 3 is 2.87 bits per heavy atom. The number of halogens is 2. The topological polar surface area (TPSA) is 85.8 Å². The van der Waals surface area contributed by atoms with E-state index in [1.165, 1.54) is 6.20 Å². The summed E-state index contributed by atoms with van der Waals surface area (Å²) in [7, 11) is 0. The second-order valence-corrected chi connectivity index (χ2v) is 5.49. The minimum absolute atomic E-state index is 0.120. The molecule has 3 rings (SSSR count). The normalized spacial score (nSPS) is 10.7. The number of hydrogen-bond acceptors (Lipinski definition) is 5. The molecule has 0 saturated heterocycles. The fourth-order valence-electron chi connectivity index (χ4n) is 1.87. The van der Waals surface area contributed by atoms with Crippen molar-refractivity contribution in [2.75, 3.05) is 0 Å². The lowest BCUT2D eigenvalue weighted by atomic mass is 10.2. The van der Waals surface area contributed by atoms with E-state index in [9.17, 15) is 4.79 Å². The van der Waals surface area contributed by atoms with Gasteiger partial charge in [0, 0.05) is 17.8 Å². The molecule has 0 atom stereocenters. The molecule has 9 heteroatoms. The van der Waals surface area contributed by atoms with E-state index in [1.54, 1.807) is 16.9 Å². The predicted octanol–water partition coefficient (Wildman–Crippen LogP) is 2.55. The highest BCUT2D eigenvalue weighted by atomic mass is 35.5. The molecule has 3 aromatic rings. The van der Waals surface area contributed by atoms with Crippen LogP contribution in [-0.4, -0.2) is 25.8 Å². The van der Waals surface area contributed by atoms with Gasteiger partial charge in [0.05, 0.1) is 11.2 Å². The zero-order chi connectivity index (χ0) is 16.2. The van der Waals surface area contributed by atoms with Crippen LogP contribution >= 0.6 is 23.2 Å². The Kier molecular flexibility index (Phi) is 4.59. The number of nitrogens with zero attached hydrogens (tertiary/aromatic N) is 4. The number of rotatable bonds is 5. The van der Waals surface area contributed by atoms with E-state index in [4.69, 9.17) is 27.7 Å². The summed E-state index contributed by atoms with van der Waals surface area (Å²) in [6, 6.07) is 7.24. The van der Waals surface area contributed by atoms with Crippen LogP contribution in [-0.2, 0) is 13.1 Å². The quantitative estimate of drug-likeness (QED) is 0.763. The van der Waals surface area contributed by atoms with E-state index in [0.29, 0.717) is 15.9 Å². The maximum Gasteiger partial charge on any atom is 0.316 e. The first-order chi connectivity index (χ1) is 11.1. The summed E-state index contributed by atoms with van der Waals surface area (Å²) in [6.07, 6.45) is 3.12. The molecule has 0 aliphatic heterocycles. The van der Waals surface area contributed by atoms with Crippen LogP contribution in [0.25, 0.3) is 0 Å². The third-order valence-corrected chi connectivity index (χ3v) is 3.53. The molecule has 0 radical (unpaired) electrons. The van der Waals surface area contributed by atoms with Gasteiger partial charge >= 0.3 is 11.8 Å². The third-order valence-electron chi connectivity index (χ3n) is 2.96. The monoisotopic (exact) mass is 351 g/mol. The molecule has 0 unspecified atom stereocenters. The highest BCUT2D eigenvalue weighted by Gasteiger charge is 2.15. The van der Waals surface area contributed by atoms with Crippen LogP contribution < -0.4 is 5.32 Å². The Hall–Kier alpha value is -2.38. The van der Waals surface area contributed by atoms with E-state index in [0.717, 1.165) is 5.56 Å². The Morgan fingerprint density at radius 1 is 1.30 bits per heavy atom. The van der Waals surface area contributed by atoms with Gasteiger partial charge in [-0.15, -0.1) is 0 Å². The average molecular weight is 352 g/mol. The van der Waals surface area contributed by atoms with Crippen molar-refractivity contribution < 1.29 is 9.32 Å². The number of aromatic nitrogens is 4. The molecule has 2 heterocycles. The maximum atomic E-state index is 12.0. The van der Waals surface area contributed by atoms with Gasteiger partial charge < -0.3 is 9.84 Å². The van der Waals surface area contributed by atoms with Gasteiger partial charge in [-0.3, -0.25) is 9.48 Å². The van der Waals surface area contributed by atoms with Crippen LogP contribution in [0.4, 0.5) is 0 Å². The largest absolute Gasteiger partial charge is 0.344 e. The van der Waals surface area contributed by atoms with Crippen molar-refractivity contribution >= 4 is 29.1 Å². The van der Waals surface area contributed by atoms with Crippen LogP contribution in [0.15, 0.2) is 41.2 Å². The fourth-order valence-corrected chi connectivity index (χ4v) is 2.23. The number of hydrogen-bond donors (Lipinski definition) is 1. The molecule has 0 bridgehead atoms. The van der Waals surface area contributed by atoms with Crippen LogP contribution in [0.3, 0.4) is 0 Å². The molecule has 7 nitrogen and oxygen atoms in total. The molecule has 118 valence electrons. The van der Waals surface area contributed by atoms with Crippen molar-refractivity contribution in [1.29, 1.82) is 0 Å². The van der Waals surface area contributed by atoms with Gasteiger partial charge in [-0.05, 0) is 11.6 Å². The van der Waals surface area contributed by atoms with Gasteiger partial charge in [0.25, 0.3) is 0 Å². The van der Waals surface area contributed by atoms with Crippen LogP contribution in [0.2, 0.25) is 10.0 Å². The summed E-state index contributed by atoms with van der Waals surface area (Å²) in [5, 5.41) is 11.5. The summed E-state index contributed by atoms with van der Waals surface area (Å²) < 4.78 is 6.48. The lowest BCUT2D eigenvalue weighted by molar-refractivity contribution is 0.0907. The first-order valence-electron chi connectivity index (χ1n) is 6.64. The molecule has 0 saturated carbocycles. The molecular formula is C14H11Cl2N5O2. The first kappa shape index (κ1) is 15.5. The SMILES string of the molecule is O=C(NCc1ccccc1Cl)c1nc(Cn2cc(Cl)cn2)no1. The smallest absolute Gasteiger partial charge is 0.316 e. The van der Waals surface area contributed by atoms with Crippen molar-refractivity contribution in [3.63, 3.8) is 0 Å². The van der Waals surface area contributed by atoms with Gasteiger partial charge in [0.1, 0.15) is 6.54 Å². The summed E-state index contributed by atoms with van der Waals surface area (Å²) >= 11 is 11.8. The van der Waals surface area contributed by atoms with E-state index in [-0.39, 0.29) is 19.0 Å². The minimum Gasteiger partial charge on any atom is -0.344 e. The maximum absolute atomic E-state index is 12.0. The molecule has 0 fully saturated rings. The molecule has 1 N–H and O–H groups in total. The summed E-state index contributed by atoms with van der Waals surface area (Å²) in [4.78, 5) is 16.0. The summed E-state index contributed by atoms with van der Waals surface area (Å²) in [5.41, 5.74) is 0.799. The second kappa shape index (κ2) is 6.80. The third kappa shape index (κ3) is 3.88. The van der Waals surface area contributed by atoms with Gasteiger partial charge in [0.2, 0.25) is 0 Å². The number of benzene rings is 1. The molecule has 1 amide bonds. The number of carbonyl (C=O) groups is 1. The highest BCUT2D eigenvalue weighted by Crippen LogP contribution is 2.14. The Morgan fingerprint density at radius 2 is 2.13 bits per heavy atom. The second-order valence-electron chi connectivity index (χ2n) is 4.65. The standard InChI is InChI=1S/C14H11Cl2N5O2/c15-10-6-18-21(7-10)8-12-19-14(23-20-12)13(22)17-5-9-3-1-2-4-11(9)16/h1-4,6-7H,5,8H2,(H,17,22). The minimum atomic E-state index is -0.470. The van der Waals surface area contributed by atoms with Crippen LogP contribution in [0, 0.1) is 0 Å². The molecular weight excluding hydrogens is 341 g/mol. The van der Waals surface area contributed by atoms with E-state index < -0.39 is 5.91 Å². The number of nitrogens with one attached hydrogen (secondary N) is 1. The Labute approximate surface area is 141 Å². The summed E-state index contributed by atoms with van der Waals surface area (Å²) in [6.45, 7) is 0.527. The van der Waals surface area contributed by atoms with Crippen molar-refractivity contribution in [2.24, 2.45) is 0 Å². The molecule has 0 aliphatic rings. The van der Waals surface area contributed by atoms with Gasteiger partial charge in [0.15, 0.2) is 5.82 Å². The lowest BCUT2D eigenvalue weighted by Gasteiger charge is -2.04. The molecule has 1 aromatic carbocycles. The average Bonchev–Trinajstić information content (AvgIpc) is 3.16. The van der Waals surface area contributed by atoms with Crippen LogP contribution in [0.5, 0.6) is 0 Å². The number of amides is 1. The Bertz CT molecular complexity index is 830. The van der Waals surface area contributed by atoms with Gasteiger partial charge in [-0.2, -0.15) is 10.1 Å². The summed E-state index contributed by atoms with van der Waals surface area (Å²) in [5.74, 6) is -0.264. The van der Waals surface area contributed by atoms with Crippen molar-refractivity contribution in [1.82, 2.24) is 25.2 Å². The van der Waals surface area contributed by atoms with E-state index >= 15 is 0 Å². The lowest BCUT2D eigenvalue weighted by Crippen LogP contribution is -2.23. The number of carbonyl (C=O) groups excluding carboxylic acids is 1. The predicted molar refractivity (Wildman–Crippen MR) is 83.3 cm³/mol. The van der Waals surface area contributed by atoms with Gasteiger partial charge in [-0.1, -0.05) is 46.6 Å².